The lowest BCUT2D eigenvalue weighted by Gasteiger charge is -2.61. The number of allylic oxidation sites excluding steroid dienone is 1. The summed E-state index contributed by atoms with van der Waals surface area (Å²) in [7, 11) is 0. The molecule has 0 amide bonds. The van der Waals surface area contributed by atoms with E-state index in [1.165, 1.54) is 0 Å². The summed E-state index contributed by atoms with van der Waals surface area (Å²) < 4.78 is 12.0. The van der Waals surface area contributed by atoms with Crippen molar-refractivity contribution in [2.24, 2.45) is 34.5 Å². The van der Waals surface area contributed by atoms with E-state index in [0.29, 0.717) is 24.8 Å². The molecule has 3 saturated carbocycles. The maximum atomic E-state index is 13.3. The van der Waals surface area contributed by atoms with Gasteiger partial charge < -0.3 is 19.7 Å². The second-order valence-electron chi connectivity index (χ2n) is 12.7. The average molecular weight is 471 g/mol. The number of fused-ring (bicyclic) bond motifs is 8. The van der Waals surface area contributed by atoms with E-state index in [2.05, 4.69) is 6.92 Å². The molecule has 6 heteroatoms. The predicted octanol–water partition coefficient (Wildman–Crippen LogP) is 3.50. The third-order valence-electron chi connectivity index (χ3n) is 11.8. The number of carbonyl (C=O) groups is 2. The van der Waals surface area contributed by atoms with Gasteiger partial charge >= 0.3 is 5.97 Å². The van der Waals surface area contributed by atoms with Gasteiger partial charge in [0.1, 0.15) is 17.8 Å². The highest BCUT2D eigenvalue weighted by atomic mass is 16.6. The normalized spacial score (nSPS) is 54.6. The lowest BCUT2D eigenvalue weighted by molar-refractivity contribution is -0.202. The molecule has 0 aromatic heterocycles. The molecule has 11 atom stereocenters. The number of carbonyl (C=O) groups excluding carboxylic acids is 2. The first-order valence-electron chi connectivity index (χ1n) is 13.1. The fourth-order valence-corrected chi connectivity index (χ4v) is 9.27. The maximum Gasteiger partial charge on any atom is 0.333 e. The Bertz CT molecular complexity index is 1030. The fourth-order valence-electron chi connectivity index (χ4n) is 9.27. The number of epoxide rings is 1. The Hall–Kier alpha value is -1.50. The second kappa shape index (κ2) is 6.83. The molecule has 2 aliphatic heterocycles. The number of rotatable bonds is 2. The van der Waals surface area contributed by atoms with Crippen molar-refractivity contribution in [2.45, 2.75) is 103 Å². The van der Waals surface area contributed by atoms with Crippen molar-refractivity contribution in [1.29, 1.82) is 0 Å². The van der Waals surface area contributed by atoms with E-state index < -0.39 is 16.6 Å². The molecule has 0 aromatic carbocycles. The predicted molar refractivity (Wildman–Crippen MR) is 125 cm³/mol. The average Bonchev–Trinajstić information content (AvgIpc) is 3.55. The molecule has 4 unspecified atom stereocenters. The van der Waals surface area contributed by atoms with Crippen LogP contribution in [-0.4, -0.2) is 51.5 Å². The van der Waals surface area contributed by atoms with Crippen LogP contribution in [0.15, 0.2) is 23.3 Å². The highest BCUT2D eigenvalue weighted by Gasteiger charge is 2.78. The minimum atomic E-state index is -1.14. The zero-order valence-electron chi connectivity index (χ0n) is 21.0. The molecule has 0 bridgehead atoms. The molecule has 6 rings (SSSR count). The summed E-state index contributed by atoms with van der Waals surface area (Å²) in [5, 5.41) is 24.0. The van der Waals surface area contributed by atoms with Gasteiger partial charge in [-0.15, -0.1) is 0 Å². The summed E-state index contributed by atoms with van der Waals surface area (Å²) in [5.41, 5.74) is -1.60. The molecule has 6 aliphatic rings. The molecular weight excluding hydrogens is 432 g/mol. The third-order valence-corrected chi connectivity index (χ3v) is 11.8. The van der Waals surface area contributed by atoms with Crippen molar-refractivity contribution >= 4 is 11.8 Å². The van der Waals surface area contributed by atoms with Crippen LogP contribution in [0.25, 0.3) is 0 Å². The molecule has 4 fully saturated rings. The third kappa shape index (κ3) is 2.48. The van der Waals surface area contributed by atoms with Crippen LogP contribution < -0.4 is 0 Å². The molecule has 2 N–H and O–H groups in total. The Balaban J connectivity index is 1.34. The van der Waals surface area contributed by atoms with E-state index in [4.69, 9.17) is 9.47 Å². The van der Waals surface area contributed by atoms with Crippen molar-refractivity contribution in [3.63, 3.8) is 0 Å². The summed E-state index contributed by atoms with van der Waals surface area (Å²) in [6.45, 7) is 9.99. The zero-order valence-corrected chi connectivity index (χ0v) is 21.0. The molecule has 2 heterocycles. The minimum absolute atomic E-state index is 0.0159. The Kier molecular flexibility index (Phi) is 4.61. The lowest BCUT2D eigenvalue weighted by Crippen LogP contribution is -2.68. The van der Waals surface area contributed by atoms with Crippen LogP contribution in [0.5, 0.6) is 0 Å². The quantitative estimate of drug-likeness (QED) is 0.474. The molecule has 186 valence electrons. The number of ether oxygens (including phenoxy) is 2. The number of aliphatic hydroxyl groups is 2. The highest BCUT2D eigenvalue weighted by molar-refractivity contribution is 5.97. The first-order chi connectivity index (χ1) is 15.9. The highest BCUT2D eigenvalue weighted by Crippen LogP contribution is 2.72. The Morgan fingerprint density at radius 1 is 1.09 bits per heavy atom. The van der Waals surface area contributed by atoms with Gasteiger partial charge in [0, 0.05) is 17.9 Å². The smallest absolute Gasteiger partial charge is 0.333 e. The van der Waals surface area contributed by atoms with E-state index in [1.54, 1.807) is 19.1 Å². The standard InChI is InChI=1S/C28H38O6/c1-14-13-19(33-24(30)15(14)2)16(3)27(31)12-9-17-21-18(8-11-25(17,27)4)26(5)20(29)7-6-10-28(26,32)23-22(21)34-23/h6-7,16-19,21-23,31-32H,8-13H2,1-5H3/t16-,17?,18?,19?,21?,22+,23+,25+,26+,27+,28+/m1/s1. The van der Waals surface area contributed by atoms with Gasteiger partial charge in [0.2, 0.25) is 0 Å². The van der Waals surface area contributed by atoms with Crippen LogP contribution in [0.2, 0.25) is 0 Å². The number of cyclic esters (lactones) is 1. The molecule has 34 heavy (non-hydrogen) atoms. The molecule has 6 nitrogen and oxygen atoms in total. The summed E-state index contributed by atoms with van der Waals surface area (Å²) >= 11 is 0. The summed E-state index contributed by atoms with van der Waals surface area (Å²) in [6, 6.07) is 0. The van der Waals surface area contributed by atoms with Gasteiger partial charge in [-0.1, -0.05) is 25.5 Å². The minimum Gasteiger partial charge on any atom is -0.458 e. The number of ketones is 1. The Morgan fingerprint density at radius 2 is 1.79 bits per heavy atom. The molecule has 0 radical (unpaired) electrons. The van der Waals surface area contributed by atoms with Crippen molar-refractivity contribution < 1.29 is 29.3 Å². The van der Waals surface area contributed by atoms with E-state index in [0.717, 1.165) is 24.8 Å². The van der Waals surface area contributed by atoms with Crippen LogP contribution in [0.4, 0.5) is 0 Å². The zero-order chi connectivity index (χ0) is 24.4. The van der Waals surface area contributed by atoms with Gasteiger partial charge in [0.15, 0.2) is 5.78 Å². The first kappa shape index (κ1) is 22.9. The number of hydrogen-bond acceptors (Lipinski definition) is 6. The topological polar surface area (TPSA) is 96.4 Å². The summed E-state index contributed by atoms with van der Waals surface area (Å²) in [6.07, 6.45) is 6.96. The van der Waals surface area contributed by atoms with Crippen LogP contribution in [0.1, 0.15) is 73.1 Å². The van der Waals surface area contributed by atoms with Crippen molar-refractivity contribution in [1.82, 2.24) is 0 Å². The van der Waals surface area contributed by atoms with Gasteiger partial charge in [-0.25, -0.2) is 4.79 Å². The SMILES string of the molecule is CC1=C(C)C(=O)OC([C@@H](C)[C@@]2(O)CCC3C4C(CC[C@@]32C)[C@@]2(C)C(=O)C=CC[C@]2(O)[C@H]2O[C@@H]42)C1. The van der Waals surface area contributed by atoms with Gasteiger partial charge in [0.25, 0.3) is 0 Å². The maximum absolute atomic E-state index is 13.3. The van der Waals surface area contributed by atoms with Crippen LogP contribution in [0.3, 0.4) is 0 Å². The lowest BCUT2D eigenvalue weighted by atomic mass is 9.43. The molecule has 0 aromatic rings. The molecular formula is C28H38O6. The van der Waals surface area contributed by atoms with Crippen molar-refractivity contribution in [3.8, 4) is 0 Å². The largest absolute Gasteiger partial charge is 0.458 e. The monoisotopic (exact) mass is 470 g/mol. The number of hydrogen-bond donors (Lipinski definition) is 2. The van der Waals surface area contributed by atoms with Gasteiger partial charge in [-0.3, -0.25) is 4.79 Å². The molecule has 1 saturated heterocycles. The van der Waals surface area contributed by atoms with E-state index >= 15 is 0 Å². The van der Waals surface area contributed by atoms with Crippen LogP contribution in [-0.2, 0) is 19.1 Å². The fraction of sp³-hybridized carbons (Fsp3) is 0.786. The van der Waals surface area contributed by atoms with Gasteiger partial charge in [-0.05, 0) is 82.1 Å². The van der Waals surface area contributed by atoms with Gasteiger partial charge in [-0.2, -0.15) is 0 Å². The Morgan fingerprint density at radius 3 is 2.50 bits per heavy atom. The van der Waals surface area contributed by atoms with Crippen LogP contribution >= 0.6 is 0 Å². The second-order valence-corrected chi connectivity index (χ2v) is 12.7. The van der Waals surface area contributed by atoms with E-state index in [9.17, 15) is 19.8 Å². The van der Waals surface area contributed by atoms with Crippen LogP contribution in [0, 0.1) is 34.5 Å². The van der Waals surface area contributed by atoms with E-state index in [-0.39, 0.29) is 59.2 Å². The molecule has 0 spiro atoms. The van der Waals surface area contributed by atoms with Gasteiger partial charge in [0.05, 0.1) is 17.1 Å². The van der Waals surface area contributed by atoms with Crippen molar-refractivity contribution in [3.05, 3.63) is 23.3 Å². The Labute approximate surface area is 201 Å². The van der Waals surface area contributed by atoms with E-state index in [1.807, 2.05) is 20.8 Å². The molecule has 4 aliphatic carbocycles. The summed E-state index contributed by atoms with van der Waals surface area (Å²) in [4.78, 5) is 25.7. The first-order valence-corrected chi connectivity index (χ1v) is 13.1. The van der Waals surface area contributed by atoms with Crippen molar-refractivity contribution in [2.75, 3.05) is 0 Å². The summed E-state index contributed by atoms with van der Waals surface area (Å²) in [5.74, 6) is -0.0746. The number of esters is 1.